The first-order valence-corrected chi connectivity index (χ1v) is 5.46. The molecule has 0 aromatic heterocycles. The van der Waals surface area contributed by atoms with Crippen LogP contribution in [0.2, 0.25) is 0 Å². The SMILES string of the molecule is CC(NCC1(CCO)CC1)C(C)(C)O. The zero-order valence-corrected chi connectivity index (χ0v) is 9.51. The van der Waals surface area contributed by atoms with Gasteiger partial charge in [0.25, 0.3) is 0 Å². The van der Waals surface area contributed by atoms with E-state index < -0.39 is 5.60 Å². The third kappa shape index (κ3) is 3.23. The zero-order chi connectivity index (χ0) is 10.8. The lowest BCUT2D eigenvalue weighted by molar-refractivity contribution is 0.0418. The molecule has 1 aliphatic rings. The Morgan fingerprint density at radius 1 is 1.43 bits per heavy atom. The first-order chi connectivity index (χ1) is 6.40. The fraction of sp³-hybridized carbons (Fsp3) is 1.00. The van der Waals surface area contributed by atoms with E-state index in [1.165, 1.54) is 12.8 Å². The molecule has 0 radical (unpaired) electrons. The Kier molecular flexibility index (Phi) is 3.56. The van der Waals surface area contributed by atoms with Gasteiger partial charge in [-0.2, -0.15) is 0 Å². The van der Waals surface area contributed by atoms with Crippen LogP contribution in [0.1, 0.15) is 40.0 Å². The summed E-state index contributed by atoms with van der Waals surface area (Å²) in [7, 11) is 0. The Balaban J connectivity index is 2.27. The highest BCUT2D eigenvalue weighted by atomic mass is 16.3. The molecule has 1 aliphatic carbocycles. The topological polar surface area (TPSA) is 52.5 Å². The number of nitrogens with one attached hydrogen (secondary N) is 1. The molecule has 1 fully saturated rings. The third-order valence-corrected chi connectivity index (χ3v) is 3.44. The summed E-state index contributed by atoms with van der Waals surface area (Å²) in [5.74, 6) is 0. The number of rotatable bonds is 6. The van der Waals surface area contributed by atoms with Gasteiger partial charge >= 0.3 is 0 Å². The predicted octanol–water partition coefficient (Wildman–Crippen LogP) is 0.898. The summed E-state index contributed by atoms with van der Waals surface area (Å²) in [6.45, 7) is 6.82. The van der Waals surface area contributed by atoms with Crippen LogP contribution in [0.4, 0.5) is 0 Å². The maximum Gasteiger partial charge on any atom is 0.0741 e. The minimum absolute atomic E-state index is 0.0960. The Labute approximate surface area is 86.5 Å². The van der Waals surface area contributed by atoms with Gasteiger partial charge in [-0.25, -0.2) is 0 Å². The van der Waals surface area contributed by atoms with Crippen LogP contribution >= 0.6 is 0 Å². The molecule has 0 aliphatic heterocycles. The second-order valence-corrected chi connectivity index (χ2v) is 5.23. The van der Waals surface area contributed by atoms with Crippen molar-refractivity contribution in [2.45, 2.75) is 51.7 Å². The number of aliphatic hydroxyl groups is 2. The smallest absolute Gasteiger partial charge is 0.0741 e. The summed E-state index contributed by atoms with van der Waals surface area (Å²) in [5.41, 5.74) is -0.344. The van der Waals surface area contributed by atoms with Crippen molar-refractivity contribution in [1.82, 2.24) is 5.32 Å². The van der Waals surface area contributed by atoms with Gasteiger partial charge in [-0.3, -0.25) is 0 Å². The summed E-state index contributed by atoms with van der Waals surface area (Å²) < 4.78 is 0. The molecule has 0 saturated heterocycles. The molecule has 3 N–H and O–H groups in total. The quantitative estimate of drug-likeness (QED) is 0.598. The van der Waals surface area contributed by atoms with Gasteiger partial charge < -0.3 is 15.5 Å². The Morgan fingerprint density at radius 2 is 2.00 bits per heavy atom. The van der Waals surface area contributed by atoms with Crippen LogP contribution in [0.15, 0.2) is 0 Å². The minimum Gasteiger partial charge on any atom is -0.396 e. The highest BCUT2D eigenvalue weighted by Gasteiger charge is 2.42. The lowest BCUT2D eigenvalue weighted by Crippen LogP contribution is -2.46. The summed E-state index contributed by atoms with van der Waals surface area (Å²) in [6.07, 6.45) is 3.30. The van der Waals surface area contributed by atoms with Crippen LogP contribution < -0.4 is 5.32 Å². The van der Waals surface area contributed by atoms with E-state index in [1.807, 2.05) is 20.8 Å². The normalized spacial score (nSPS) is 22.1. The van der Waals surface area contributed by atoms with Crippen molar-refractivity contribution in [2.75, 3.05) is 13.2 Å². The molecule has 1 saturated carbocycles. The van der Waals surface area contributed by atoms with Crippen molar-refractivity contribution in [3.8, 4) is 0 Å². The largest absolute Gasteiger partial charge is 0.396 e. The molecule has 1 unspecified atom stereocenters. The highest BCUT2D eigenvalue weighted by molar-refractivity contribution is 4.96. The second-order valence-electron chi connectivity index (χ2n) is 5.23. The van der Waals surface area contributed by atoms with Gasteiger partial charge in [0.15, 0.2) is 0 Å². The van der Waals surface area contributed by atoms with E-state index in [4.69, 9.17) is 5.11 Å². The van der Waals surface area contributed by atoms with Gasteiger partial charge in [-0.15, -0.1) is 0 Å². The standard InChI is InChI=1S/C11H23NO2/c1-9(10(2,3)14)12-8-11(4-5-11)6-7-13/h9,12-14H,4-8H2,1-3H3. The summed E-state index contributed by atoms with van der Waals surface area (Å²) in [4.78, 5) is 0. The van der Waals surface area contributed by atoms with Crippen molar-refractivity contribution < 1.29 is 10.2 Å². The van der Waals surface area contributed by atoms with E-state index in [2.05, 4.69) is 5.32 Å². The van der Waals surface area contributed by atoms with Crippen LogP contribution in [0.5, 0.6) is 0 Å². The number of hydrogen-bond donors (Lipinski definition) is 3. The van der Waals surface area contributed by atoms with E-state index in [0.717, 1.165) is 13.0 Å². The first-order valence-electron chi connectivity index (χ1n) is 5.46. The van der Waals surface area contributed by atoms with Gasteiger partial charge in [-0.1, -0.05) is 0 Å². The van der Waals surface area contributed by atoms with Crippen LogP contribution in [0.3, 0.4) is 0 Å². The number of aliphatic hydroxyl groups excluding tert-OH is 1. The molecule has 0 aromatic carbocycles. The molecule has 0 aromatic rings. The minimum atomic E-state index is -0.671. The molecule has 1 rings (SSSR count). The van der Waals surface area contributed by atoms with E-state index in [9.17, 15) is 5.11 Å². The van der Waals surface area contributed by atoms with Crippen LogP contribution in [-0.2, 0) is 0 Å². The van der Waals surface area contributed by atoms with Gasteiger partial charge in [0, 0.05) is 19.2 Å². The zero-order valence-electron chi connectivity index (χ0n) is 9.51. The summed E-state index contributed by atoms with van der Waals surface area (Å²) in [5, 5.41) is 22.0. The molecule has 0 heterocycles. The fourth-order valence-electron chi connectivity index (χ4n) is 1.55. The first kappa shape index (κ1) is 12.0. The van der Waals surface area contributed by atoms with Gasteiger partial charge in [0.2, 0.25) is 0 Å². The van der Waals surface area contributed by atoms with Crippen molar-refractivity contribution >= 4 is 0 Å². The molecule has 0 spiro atoms. The third-order valence-electron chi connectivity index (χ3n) is 3.44. The fourth-order valence-corrected chi connectivity index (χ4v) is 1.55. The van der Waals surface area contributed by atoms with Crippen molar-refractivity contribution in [1.29, 1.82) is 0 Å². The molecule has 1 atom stereocenters. The molecular formula is C11H23NO2. The lowest BCUT2D eigenvalue weighted by atomic mass is 9.98. The summed E-state index contributed by atoms with van der Waals surface area (Å²) >= 11 is 0. The van der Waals surface area contributed by atoms with Gasteiger partial charge in [0.05, 0.1) is 5.60 Å². The number of hydrogen-bond acceptors (Lipinski definition) is 3. The Morgan fingerprint density at radius 3 is 2.36 bits per heavy atom. The molecule has 0 bridgehead atoms. The van der Waals surface area contributed by atoms with Gasteiger partial charge in [0.1, 0.15) is 0 Å². The lowest BCUT2D eigenvalue weighted by Gasteiger charge is -2.28. The molecule has 3 nitrogen and oxygen atoms in total. The second kappa shape index (κ2) is 4.17. The molecule has 3 heteroatoms. The Bertz CT molecular complexity index is 182. The van der Waals surface area contributed by atoms with Gasteiger partial charge in [-0.05, 0) is 45.4 Å². The predicted molar refractivity (Wildman–Crippen MR) is 57.1 cm³/mol. The monoisotopic (exact) mass is 201 g/mol. The van der Waals surface area contributed by atoms with E-state index in [0.29, 0.717) is 5.41 Å². The van der Waals surface area contributed by atoms with E-state index in [-0.39, 0.29) is 12.6 Å². The van der Waals surface area contributed by atoms with Crippen LogP contribution in [-0.4, -0.2) is 35.0 Å². The van der Waals surface area contributed by atoms with Crippen molar-refractivity contribution in [3.05, 3.63) is 0 Å². The summed E-state index contributed by atoms with van der Waals surface area (Å²) in [6, 6.07) is 0.0960. The van der Waals surface area contributed by atoms with Crippen molar-refractivity contribution in [2.24, 2.45) is 5.41 Å². The van der Waals surface area contributed by atoms with Crippen LogP contribution in [0, 0.1) is 5.41 Å². The molecule has 0 amide bonds. The Hall–Kier alpha value is -0.120. The van der Waals surface area contributed by atoms with E-state index >= 15 is 0 Å². The van der Waals surface area contributed by atoms with Crippen LogP contribution in [0.25, 0.3) is 0 Å². The molecule has 14 heavy (non-hydrogen) atoms. The average molecular weight is 201 g/mol. The maximum atomic E-state index is 9.72. The maximum absolute atomic E-state index is 9.72. The average Bonchev–Trinajstić information content (AvgIpc) is 2.80. The van der Waals surface area contributed by atoms with Crippen molar-refractivity contribution in [3.63, 3.8) is 0 Å². The highest BCUT2D eigenvalue weighted by Crippen LogP contribution is 2.48. The molecule has 84 valence electrons. The molecular weight excluding hydrogens is 178 g/mol. The van der Waals surface area contributed by atoms with E-state index in [1.54, 1.807) is 0 Å².